The summed E-state index contributed by atoms with van der Waals surface area (Å²) in [7, 11) is 0. The van der Waals surface area contributed by atoms with Crippen LogP contribution in [0.25, 0.3) is 10.7 Å². The van der Waals surface area contributed by atoms with Crippen molar-refractivity contribution < 1.29 is 14.3 Å². The van der Waals surface area contributed by atoms with Crippen molar-refractivity contribution in [3.63, 3.8) is 0 Å². The van der Waals surface area contributed by atoms with Gasteiger partial charge >= 0.3 is 5.97 Å². The van der Waals surface area contributed by atoms with Gasteiger partial charge in [0, 0.05) is 12.2 Å². The van der Waals surface area contributed by atoms with Crippen molar-refractivity contribution in [2.45, 2.75) is 38.8 Å². The Hall–Kier alpha value is -2.28. The molecule has 1 saturated carbocycles. The number of rotatable bonds is 5. The monoisotopic (exact) mass is 331 g/mol. The highest BCUT2D eigenvalue weighted by atomic mass is 32.1. The molecule has 0 spiro atoms. The van der Waals surface area contributed by atoms with Crippen LogP contribution in [0.4, 0.5) is 0 Å². The van der Waals surface area contributed by atoms with E-state index >= 15 is 0 Å². The van der Waals surface area contributed by atoms with Crippen LogP contribution in [-0.4, -0.2) is 34.0 Å². The van der Waals surface area contributed by atoms with Crippen molar-refractivity contribution in [2.24, 2.45) is 0 Å². The van der Waals surface area contributed by atoms with Gasteiger partial charge in [-0.25, -0.2) is 9.78 Å². The summed E-state index contributed by atoms with van der Waals surface area (Å²) in [6.45, 7) is 3.32. The van der Waals surface area contributed by atoms with E-state index in [1.807, 2.05) is 18.2 Å². The smallest absolute Gasteiger partial charge is 0.351 e. The van der Waals surface area contributed by atoms with E-state index in [1.54, 1.807) is 20.0 Å². The number of carbonyl (C=O) groups is 2. The minimum absolute atomic E-state index is 0.240. The third-order valence-electron chi connectivity index (χ3n) is 3.44. The fourth-order valence-electron chi connectivity index (χ4n) is 2.00. The van der Waals surface area contributed by atoms with Crippen LogP contribution in [0, 0.1) is 6.92 Å². The summed E-state index contributed by atoms with van der Waals surface area (Å²) < 4.78 is 5.26. The zero-order chi connectivity index (χ0) is 16.4. The van der Waals surface area contributed by atoms with Gasteiger partial charge in [0.05, 0.1) is 11.4 Å². The molecule has 1 amide bonds. The molecule has 6 nitrogen and oxygen atoms in total. The fourth-order valence-corrected chi connectivity index (χ4v) is 2.92. The van der Waals surface area contributed by atoms with E-state index < -0.39 is 12.1 Å². The first kappa shape index (κ1) is 15.6. The Kier molecular flexibility index (Phi) is 4.38. The van der Waals surface area contributed by atoms with Gasteiger partial charge in [0.1, 0.15) is 9.88 Å². The van der Waals surface area contributed by atoms with E-state index in [1.165, 1.54) is 11.3 Å². The lowest BCUT2D eigenvalue weighted by Gasteiger charge is -2.12. The summed E-state index contributed by atoms with van der Waals surface area (Å²) in [5.74, 6) is -0.784. The minimum atomic E-state index is -0.817. The van der Waals surface area contributed by atoms with Gasteiger partial charge in [0.25, 0.3) is 5.91 Å². The summed E-state index contributed by atoms with van der Waals surface area (Å²) >= 11 is 1.22. The lowest BCUT2D eigenvalue weighted by atomic mass is 10.3. The van der Waals surface area contributed by atoms with E-state index in [-0.39, 0.29) is 11.9 Å². The number of thiazole rings is 1. The van der Waals surface area contributed by atoms with Crippen molar-refractivity contribution in [3.05, 3.63) is 35.0 Å². The maximum Gasteiger partial charge on any atom is 0.351 e. The molecular weight excluding hydrogens is 314 g/mol. The van der Waals surface area contributed by atoms with E-state index in [2.05, 4.69) is 15.3 Å². The van der Waals surface area contributed by atoms with Gasteiger partial charge in [0.15, 0.2) is 6.10 Å². The Labute approximate surface area is 137 Å². The molecule has 1 aliphatic rings. The third kappa shape index (κ3) is 3.73. The van der Waals surface area contributed by atoms with E-state index in [4.69, 9.17) is 4.74 Å². The van der Waals surface area contributed by atoms with Crippen LogP contribution in [-0.2, 0) is 9.53 Å². The SMILES string of the molecule is Cc1nc(-c2ccccn2)sc1C(=O)O[C@@H](C)C(=O)NC1CC1. The molecule has 23 heavy (non-hydrogen) atoms. The normalized spacial score (nSPS) is 15.0. The maximum atomic E-state index is 12.3. The van der Waals surface area contributed by atoms with Gasteiger partial charge < -0.3 is 10.1 Å². The molecule has 0 aromatic carbocycles. The largest absolute Gasteiger partial charge is 0.448 e. The Morgan fingerprint density at radius 3 is 2.83 bits per heavy atom. The molecule has 0 radical (unpaired) electrons. The predicted octanol–water partition coefficient (Wildman–Crippen LogP) is 2.34. The molecule has 120 valence electrons. The molecule has 1 aliphatic carbocycles. The summed E-state index contributed by atoms with van der Waals surface area (Å²) in [6.07, 6.45) is 2.85. The van der Waals surface area contributed by atoms with E-state index in [0.29, 0.717) is 21.3 Å². The van der Waals surface area contributed by atoms with Crippen molar-refractivity contribution in [1.29, 1.82) is 0 Å². The topological polar surface area (TPSA) is 81.2 Å². The zero-order valence-corrected chi connectivity index (χ0v) is 13.7. The lowest BCUT2D eigenvalue weighted by molar-refractivity contribution is -0.129. The number of aryl methyl sites for hydroxylation is 1. The van der Waals surface area contributed by atoms with Crippen LogP contribution < -0.4 is 5.32 Å². The number of nitrogens with zero attached hydrogens (tertiary/aromatic N) is 2. The van der Waals surface area contributed by atoms with Crippen LogP contribution >= 0.6 is 11.3 Å². The second-order valence-corrected chi connectivity index (χ2v) is 6.48. The fraction of sp³-hybridized carbons (Fsp3) is 0.375. The van der Waals surface area contributed by atoms with Crippen LogP contribution in [0.3, 0.4) is 0 Å². The molecule has 0 saturated heterocycles. The molecule has 2 heterocycles. The Balaban J connectivity index is 1.69. The molecular formula is C16H17N3O3S. The molecule has 1 atom stereocenters. The first-order valence-corrected chi connectivity index (χ1v) is 8.26. The first-order chi connectivity index (χ1) is 11.0. The summed E-state index contributed by atoms with van der Waals surface area (Å²) in [5.41, 5.74) is 1.29. The van der Waals surface area contributed by atoms with Crippen LogP contribution in [0.15, 0.2) is 24.4 Å². The van der Waals surface area contributed by atoms with Crippen molar-refractivity contribution in [1.82, 2.24) is 15.3 Å². The highest BCUT2D eigenvalue weighted by Crippen LogP contribution is 2.27. The standard InChI is InChI=1S/C16H17N3O3S/c1-9-13(23-15(18-9)12-5-3-4-8-17-12)16(21)22-10(2)14(20)19-11-6-7-11/h3-5,8,10-11H,6-7H2,1-2H3,(H,19,20)/t10-/m0/s1. The summed E-state index contributed by atoms with van der Waals surface area (Å²) in [5, 5.41) is 3.48. The zero-order valence-electron chi connectivity index (χ0n) is 12.9. The molecule has 0 aliphatic heterocycles. The van der Waals surface area contributed by atoms with Gasteiger partial charge in [-0.2, -0.15) is 0 Å². The van der Waals surface area contributed by atoms with Crippen LogP contribution in [0.5, 0.6) is 0 Å². The summed E-state index contributed by atoms with van der Waals surface area (Å²) in [4.78, 5) is 33.1. The van der Waals surface area contributed by atoms with Gasteiger partial charge in [-0.3, -0.25) is 9.78 Å². The second-order valence-electron chi connectivity index (χ2n) is 5.48. The predicted molar refractivity (Wildman–Crippen MR) is 86.1 cm³/mol. The average Bonchev–Trinajstić information content (AvgIpc) is 3.27. The van der Waals surface area contributed by atoms with Crippen LogP contribution in [0.1, 0.15) is 35.1 Å². The second kappa shape index (κ2) is 6.45. The third-order valence-corrected chi connectivity index (χ3v) is 4.60. The number of aromatic nitrogens is 2. The van der Waals surface area contributed by atoms with Crippen molar-refractivity contribution in [3.8, 4) is 10.7 Å². The van der Waals surface area contributed by atoms with E-state index in [0.717, 1.165) is 12.8 Å². The Bertz CT molecular complexity index is 725. The maximum absolute atomic E-state index is 12.3. The Morgan fingerprint density at radius 2 is 2.17 bits per heavy atom. The molecule has 0 unspecified atom stereocenters. The first-order valence-electron chi connectivity index (χ1n) is 7.45. The number of ether oxygens (including phenoxy) is 1. The molecule has 2 aromatic heterocycles. The number of hydrogen-bond acceptors (Lipinski definition) is 6. The van der Waals surface area contributed by atoms with E-state index in [9.17, 15) is 9.59 Å². The lowest BCUT2D eigenvalue weighted by Crippen LogP contribution is -2.37. The van der Waals surface area contributed by atoms with Gasteiger partial charge in [-0.1, -0.05) is 6.07 Å². The molecule has 7 heteroatoms. The number of amides is 1. The number of esters is 1. The Morgan fingerprint density at radius 1 is 1.39 bits per heavy atom. The summed E-state index contributed by atoms with van der Waals surface area (Å²) in [6, 6.07) is 5.75. The quantitative estimate of drug-likeness (QED) is 0.851. The average molecular weight is 331 g/mol. The molecule has 0 bridgehead atoms. The van der Waals surface area contributed by atoms with Gasteiger partial charge in [-0.05, 0) is 38.8 Å². The number of nitrogens with one attached hydrogen (secondary N) is 1. The molecule has 1 N–H and O–H groups in total. The number of hydrogen-bond donors (Lipinski definition) is 1. The number of pyridine rings is 1. The highest BCUT2D eigenvalue weighted by molar-refractivity contribution is 7.17. The van der Waals surface area contributed by atoms with Crippen molar-refractivity contribution >= 4 is 23.2 Å². The van der Waals surface area contributed by atoms with Gasteiger partial charge in [0.2, 0.25) is 0 Å². The van der Waals surface area contributed by atoms with Crippen LogP contribution in [0.2, 0.25) is 0 Å². The van der Waals surface area contributed by atoms with Crippen molar-refractivity contribution in [2.75, 3.05) is 0 Å². The van der Waals surface area contributed by atoms with Gasteiger partial charge in [-0.15, -0.1) is 11.3 Å². The number of carbonyl (C=O) groups excluding carboxylic acids is 2. The molecule has 2 aromatic rings. The molecule has 3 rings (SSSR count). The highest BCUT2D eigenvalue weighted by Gasteiger charge is 2.28. The minimum Gasteiger partial charge on any atom is -0.448 e. The molecule has 1 fully saturated rings.